The Hall–Kier alpha value is -0.770. The van der Waals surface area contributed by atoms with Crippen LogP contribution in [0, 0.1) is 5.92 Å². The molecule has 4 nitrogen and oxygen atoms in total. The topological polar surface area (TPSA) is 58.6 Å². The van der Waals surface area contributed by atoms with Gasteiger partial charge >= 0.3 is 6.09 Å². The molecule has 0 aromatic rings. The lowest BCUT2D eigenvalue weighted by Crippen LogP contribution is -2.38. The van der Waals surface area contributed by atoms with Crippen LogP contribution in [0.3, 0.4) is 0 Å². The summed E-state index contributed by atoms with van der Waals surface area (Å²) in [7, 11) is 0. The van der Waals surface area contributed by atoms with Gasteiger partial charge in [0.2, 0.25) is 0 Å². The first-order valence-electron chi connectivity index (χ1n) is 5.26. The highest BCUT2D eigenvalue weighted by molar-refractivity contribution is 5.67. The molecule has 0 aromatic heterocycles. The number of hydrogen-bond donors (Lipinski definition) is 2. The normalized spacial score (nSPS) is 27.0. The van der Waals surface area contributed by atoms with E-state index >= 15 is 0 Å². The molecule has 1 saturated carbocycles. The van der Waals surface area contributed by atoms with E-state index in [-0.39, 0.29) is 19.3 Å². The maximum absolute atomic E-state index is 11.1. The van der Waals surface area contributed by atoms with Crippen LogP contribution in [0.1, 0.15) is 32.6 Å². The Balaban J connectivity index is 2.14. The molecule has 14 heavy (non-hydrogen) atoms. The third-order valence-corrected chi connectivity index (χ3v) is 2.66. The van der Waals surface area contributed by atoms with Crippen molar-refractivity contribution in [3.63, 3.8) is 0 Å². The van der Waals surface area contributed by atoms with Crippen molar-refractivity contribution in [3.8, 4) is 0 Å². The van der Waals surface area contributed by atoms with Crippen LogP contribution in [-0.2, 0) is 4.74 Å². The second-order valence-corrected chi connectivity index (χ2v) is 3.96. The predicted octanol–water partition coefficient (Wildman–Crippen LogP) is 1.28. The van der Waals surface area contributed by atoms with Gasteiger partial charge in [0.15, 0.2) is 0 Å². The van der Waals surface area contributed by atoms with Crippen molar-refractivity contribution >= 4 is 6.09 Å². The Morgan fingerprint density at radius 1 is 1.43 bits per heavy atom. The van der Waals surface area contributed by atoms with E-state index in [1.807, 2.05) is 0 Å². The summed E-state index contributed by atoms with van der Waals surface area (Å²) in [6.07, 6.45) is 4.01. The van der Waals surface area contributed by atoms with Gasteiger partial charge in [0.1, 0.15) is 6.61 Å². The first-order chi connectivity index (χ1) is 6.72. The zero-order chi connectivity index (χ0) is 10.4. The van der Waals surface area contributed by atoms with E-state index in [0.717, 1.165) is 18.8 Å². The van der Waals surface area contributed by atoms with Gasteiger partial charge in [0.25, 0.3) is 0 Å². The van der Waals surface area contributed by atoms with E-state index in [0.29, 0.717) is 0 Å². The minimum absolute atomic E-state index is 0.0783. The van der Waals surface area contributed by atoms with Crippen molar-refractivity contribution in [1.82, 2.24) is 5.32 Å². The average molecular weight is 201 g/mol. The fourth-order valence-corrected chi connectivity index (χ4v) is 1.75. The van der Waals surface area contributed by atoms with Crippen LogP contribution in [0.2, 0.25) is 0 Å². The molecule has 0 aromatic carbocycles. The number of aliphatic hydroxyl groups is 1. The number of ether oxygens (including phenoxy) is 1. The molecule has 1 fully saturated rings. The monoisotopic (exact) mass is 201 g/mol. The largest absolute Gasteiger partial charge is 0.447 e. The van der Waals surface area contributed by atoms with Crippen LogP contribution >= 0.6 is 0 Å². The number of aliphatic hydroxyl groups excluding tert-OH is 1. The predicted molar refractivity (Wildman–Crippen MR) is 53.0 cm³/mol. The van der Waals surface area contributed by atoms with E-state index in [9.17, 15) is 4.79 Å². The Bertz CT molecular complexity index is 176. The smallest absolute Gasteiger partial charge is 0.407 e. The number of hydrogen-bond acceptors (Lipinski definition) is 3. The van der Waals surface area contributed by atoms with Gasteiger partial charge in [-0.05, 0) is 31.6 Å². The first kappa shape index (κ1) is 11.3. The molecule has 0 heterocycles. The molecule has 1 amide bonds. The Kier molecular flexibility index (Phi) is 4.73. The highest BCUT2D eigenvalue weighted by Crippen LogP contribution is 2.23. The molecular formula is C10H19NO3. The van der Waals surface area contributed by atoms with E-state index in [2.05, 4.69) is 12.2 Å². The van der Waals surface area contributed by atoms with Gasteiger partial charge in [-0.3, -0.25) is 0 Å². The summed E-state index contributed by atoms with van der Waals surface area (Å²) in [4.78, 5) is 11.1. The molecule has 1 aliphatic carbocycles. The SMILES string of the molecule is CC1CCC(NC(=O)OCCO)CC1. The molecule has 0 atom stereocenters. The summed E-state index contributed by atoms with van der Waals surface area (Å²) in [5, 5.41) is 11.3. The van der Waals surface area contributed by atoms with Gasteiger partial charge in [-0.1, -0.05) is 6.92 Å². The van der Waals surface area contributed by atoms with Crippen molar-refractivity contribution in [2.75, 3.05) is 13.2 Å². The molecule has 0 aliphatic heterocycles. The average Bonchev–Trinajstić information content (AvgIpc) is 2.18. The molecule has 1 aliphatic rings. The summed E-state index contributed by atoms with van der Waals surface area (Å²) < 4.78 is 4.72. The lowest BCUT2D eigenvalue weighted by atomic mass is 9.87. The van der Waals surface area contributed by atoms with Crippen LogP contribution in [-0.4, -0.2) is 30.5 Å². The fraction of sp³-hybridized carbons (Fsp3) is 0.900. The number of amides is 1. The number of rotatable bonds is 3. The number of alkyl carbamates (subject to hydrolysis) is 1. The molecule has 0 spiro atoms. The molecule has 4 heteroatoms. The van der Waals surface area contributed by atoms with Crippen LogP contribution in [0.4, 0.5) is 4.79 Å². The molecule has 0 radical (unpaired) electrons. The summed E-state index contributed by atoms with van der Waals surface area (Å²) in [5.41, 5.74) is 0. The zero-order valence-corrected chi connectivity index (χ0v) is 8.66. The van der Waals surface area contributed by atoms with E-state index in [1.165, 1.54) is 12.8 Å². The highest BCUT2D eigenvalue weighted by Gasteiger charge is 2.19. The lowest BCUT2D eigenvalue weighted by molar-refractivity contribution is 0.113. The first-order valence-corrected chi connectivity index (χ1v) is 5.26. The third-order valence-electron chi connectivity index (χ3n) is 2.66. The molecule has 0 saturated heterocycles. The minimum Gasteiger partial charge on any atom is -0.447 e. The van der Waals surface area contributed by atoms with Crippen molar-refractivity contribution in [2.45, 2.75) is 38.6 Å². The number of carbonyl (C=O) groups excluding carboxylic acids is 1. The maximum atomic E-state index is 11.1. The standard InChI is InChI=1S/C10H19NO3/c1-8-2-4-9(5-3-8)11-10(13)14-7-6-12/h8-9,12H,2-7H2,1H3,(H,11,13). The minimum atomic E-state index is -0.404. The van der Waals surface area contributed by atoms with Crippen LogP contribution in [0.5, 0.6) is 0 Å². The van der Waals surface area contributed by atoms with Gasteiger partial charge in [-0.25, -0.2) is 4.79 Å². The molecule has 0 unspecified atom stereocenters. The maximum Gasteiger partial charge on any atom is 0.407 e. The Labute approximate surface area is 84.6 Å². The van der Waals surface area contributed by atoms with Gasteiger partial charge in [0, 0.05) is 6.04 Å². The zero-order valence-electron chi connectivity index (χ0n) is 8.66. The van der Waals surface area contributed by atoms with Crippen molar-refractivity contribution in [3.05, 3.63) is 0 Å². The van der Waals surface area contributed by atoms with Crippen molar-refractivity contribution in [1.29, 1.82) is 0 Å². The van der Waals surface area contributed by atoms with Crippen LogP contribution in [0.25, 0.3) is 0 Å². The van der Waals surface area contributed by atoms with E-state index in [4.69, 9.17) is 9.84 Å². The molecule has 1 rings (SSSR count). The van der Waals surface area contributed by atoms with Crippen LogP contribution in [0.15, 0.2) is 0 Å². The van der Waals surface area contributed by atoms with E-state index < -0.39 is 6.09 Å². The number of nitrogens with one attached hydrogen (secondary N) is 1. The van der Waals surface area contributed by atoms with Crippen molar-refractivity contribution < 1.29 is 14.6 Å². The molecular weight excluding hydrogens is 182 g/mol. The van der Waals surface area contributed by atoms with Crippen molar-refractivity contribution in [2.24, 2.45) is 5.92 Å². The van der Waals surface area contributed by atoms with Crippen LogP contribution < -0.4 is 5.32 Å². The van der Waals surface area contributed by atoms with E-state index in [1.54, 1.807) is 0 Å². The second kappa shape index (κ2) is 5.86. The quantitative estimate of drug-likeness (QED) is 0.723. The summed E-state index contributed by atoms with van der Waals surface area (Å²) in [6.45, 7) is 2.20. The van der Waals surface area contributed by atoms with Gasteiger partial charge in [0.05, 0.1) is 6.61 Å². The second-order valence-electron chi connectivity index (χ2n) is 3.96. The third kappa shape index (κ3) is 3.96. The fourth-order valence-electron chi connectivity index (χ4n) is 1.75. The Morgan fingerprint density at radius 2 is 2.07 bits per heavy atom. The molecule has 0 bridgehead atoms. The van der Waals surface area contributed by atoms with Gasteiger partial charge in [-0.2, -0.15) is 0 Å². The molecule has 82 valence electrons. The van der Waals surface area contributed by atoms with Gasteiger partial charge in [-0.15, -0.1) is 0 Å². The number of carbonyl (C=O) groups is 1. The molecule has 2 N–H and O–H groups in total. The van der Waals surface area contributed by atoms with Gasteiger partial charge < -0.3 is 15.2 Å². The summed E-state index contributed by atoms with van der Waals surface area (Å²) in [6, 6.07) is 0.261. The summed E-state index contributed by atoms with van der Waals surface area (Å²) >= 11 is 0. The Morgan fingerprint density at radius 3 is 2.64 bits per heavy atom. The summed E-state index contributed by atoms with van der Waals surface area (Å²) in [5.74, 6) is 0.779. The highest BCUT2D eigenvalue weighted by atomic mass is 16.6. The lowest BCUT2D eigenvalue weighted by Gasteiger charge is -2.26.